The first kappa shape index (κ1) is 21.1. The lowest BCUT2D eigenvalue weighted by atomic mass is 10.3. The molecule has 7 nitrogen and oxygen atoms in total. The van der Waals surface area contributed by atoms with E-state index in [9.17, 15) is 4.79 Å². The number of ether oxygens (including phenoxy) is 2. The summed E-state index contributed by atoms with van der Waals surface area (Å²) < 4.78 is 12.0. The zero-order valence-corrected chi connectivity index (χ0v) is 17.7. The van der Waals surface area contributed by atoms with Gasteiger partial charge in [0.25, 0.3) is 0 Å². The number of methoxy groups -OCH3 is 1. The molecule has 1 aliphatic rings. The fourth-order valence-corrected chi connectivity index (χ4v) is 2.60. The Morgan fingerprint density at radius 1 is 1.11 bits per heavy atom. The average Bonchev–Trinajstić information content (AvgIpc) is 2.69. The molecular formula is C19H23IN4O3. The van der Waals surface area contributed by atoms with Crippen LogP contribution in [-0.2, 0) is 16.5 Å². The molecule has 0 atom stereocenters. The molecule has 0 spiro atoms. The average molecular weight is 482 g/mol. The molecule has 3 rings (SSSR count). The lowest BCUT2D eigenvalue weighted by Gasteiger charge is -2.27. The Labute approximate surface area is 175 Å². The molecule has 8 heteroatoms. The van der Waals surface area contributed by atoms with E-state index in [-0.39, 0.29) is 29.9 Å². The predicted octanol–water partition coefficient (Wildman–Crippen LogP) is 2.35. The maximum atomic E-state index is 11.7. The van der Waals surface area contributed by atoms with Gasteiger partial charge in [0.1, 0.15) is 5.49 Å². The topological polar surface area (TPSA) is 68.4 Å². The van der Waals surface area contributed by atoms with Gasteiger partial charge in [-0.05, 0) is 24.3 Å². The minimum atomic E-state index is -0.376. The molecule has 0 radical (unpaired) electrons. The first-order valence-electron chi connectivity index (χ1n) is 8.43. The molecule has 0 amide bonds. The summed E-state index contributed by atoms with van der Waals surface area (Å²) in [6, 6.07) is 13.2. The van der Waals surface area contributed by atoms with E-state index in [0.29, 0.717) is 30.2 Å². The van der Waals surface area contributed by atoms with Gasteiger partial charge in [-0.1, -0.05) is 18.2 Å². The molecule has 0 aliphatic carbocycles. The van der Waals surface area contributed by atoms with E-state index in [1.165, 1.54) is 7.11 Å². The highest BCUT2D eigenvalue weighted by molar-refractivity contribution is 14.0. The second kappa shape index (κ2) is 10.2. The fraction of sp³-hybridized carbons (Fsp3) is 0.316. The van der Waals surface area contributed by atoms with Crippen molar-refractivity contribution in [3.05, 3.63) is 59.7 Å². The largest absolute Gasteiger partial charge is 0.465 e. The minimum Gasteiger partial charge on any atom is -0.465 e. The summed E-state index contributed by atoms with van der Waals surface area (Å²) in [5, 5.41) is 0. The number of rotatable bonds is 2. The Kier molecular flexibility index (Phi) is 7.99. The van der Waals surface area contributed by atoms with E-state index in [0.717, 1.165) is 18.8 Å². The van der Waals surface area contributed by atoms with Gasteiger partial charge in [0, 0.05) is 26.3 Å². The van der Waals surface area contributed by atoms with Crippen molar-refractivity contribution in [2.45, 2.75) is 0 Å². The van der Waals surface area contributed by atoms with Crippen molar-refractivity contribution in [2.75, 3.05) is 33.4 Å². The number of hydrogen-bond acceptors (Lipinski definition) is 4. The van der Waals surface area contributed by atoms with E-state index in [4.69, 9.17) is 19.5 Å². The predicted molar refractivity (Wildman–Crippen MR) is 114 cm³/mol. The van der Waals surface area contributed by atoms with Crippen molar-refractivity contribution in [1.82, 2.24) is 9.47 Å². The second-order valence-corrected chi connectivity index (χ2v) is 5.84. The van der Waals surface area contributed by atoms with Crippen LogP contribution in [0.5, 0.6) is 0 Å². The third-order valence-corrected chi connectivity index (χ3v) is 4.02. The van der Waals surface area contributed by atoms with Gasteiger partial charge in [0.05, 0.1) is 31.6 Å². The highest BCUT2D eigenvalue weighted by Gasteiger charge is 2.15. The van der Waals surface area contributed by atoms with Crippen molar-refractivity contribution in [3.63, 3.8) is 0 Å². The third-order valence-electron chi connectivity index (χ3n) is 4.02. The van der Waals surface area contributed by atoms with E-state index in [1.807, 2.05) is 37.4 Å². The van der Waals surface area contributed by atoms with Gasteiger partial charge in [-0.25, -0.2) is 9.79 Å². The van der Waals surface area contributed by atoms with Gasteiger partial charge in [0.15, 0.2) is 0 Å². The van der Waals surface area contributed by atoms with Crippen LogP contribution in [-0.4, -0.2) is 54.8 Å². The van der Waals surface area contributed by atoms with Gasteiger partial charge >= 0.3 is 5.97 Å². The monoisotopic (exact) mass is 482 g/mol. The number of esters is 1. The van der Waals surface area contributed by atoms with Gasteiger partial charge in [-0.15, -0.1) is 24.0 Å². The zero-order chi connectivity index (χ0) is 18.4. The molecule has 1 fully saturated rings. The summed E-state index contributed by atoms with van der Waals surface area (Å²) in [6.07, 6.45) is 1.70. The fourth-order valence-electron chi connectivity index (χ4n) is 2.60. The number of aromatic nitrogens is 1. The number of nitrogens with zero attached hydrogens (tertiary/aromatic N) is 4. The smallest absolute Gasteiger partial charge is 0.339 e. The quantitative estimate of drug-likeness (QED) is 0.285. The lowest BCUT2D eigenvalue weighted by molar-refractivity contribution is 0.0599. The molecule has 1 aliphatic heterocycles. The summed E-state index contributed by atoms with van der Waals surface area (Å²) in [7, 11) is 3.20. The van der Waals surface area contributed by atoms with Gasteiger partial charge in [-0.3, -0.25) is 0 Å². The van der Waals surface area contributed by atoms with Crippen molar-refractivity contribution in [3.8, 4) is 0 Å². The van der Waals surface area contributed by atoms with Crippen LogP contribution in [0.1, 0.15) is 10.4 Å². The Morgan fingerprint density at radius 3 is 2.44 bits per heavy atom. The number of carbonyl (C=O) groups is 1. The van der Waals surface area contributed by atoms with E-state index >= 15 is 0 Å². The first-order valence-corrected chi connectivity index (χ1v) is 8.43. The Balaban J connectivity index is 0.00000261. The van der Waals surface area contributed by atoms with Crippen LogP contribution in [0.25, 0.3) is 0 Å². The van der Waals surface area contributed by atoms with Gasteiger partial charge < -0.3 is 18.9 Å². The zero-order valence-electron chi connectivity index (χ0n) is 15.4. The number of halogens is 1. The summed E-state index contributed by atoms with van der Waals surface area (Å²) in [4.78, 5) is 23.2. The van der Waals surface area contributed by atoms with Crippen molar-refractivity contribution >= 4 is 41.6 Å². The third kappa shape index (κ3) is 5.64. The normalized spacial score (nSPS) is 15.3. The number of morpholine rings is 1. The molecule has 0 bridgehead atoms. The van der Waals surface area contributed by atoms with Crippen LogP contribution in [0.3, 0.4) is 0 Å². The Bertz CT molecular complexity index is 859. The van der Waals surface area contributed by atoms with Crippen LogP contribution >= 0.6 is 24.0 Å². The Hall–Kier alpha value is -2.20. The number of aliphatic imine (C=N–C) groups is 1. The van der Waals surface area contributed by atoms with Crippen molar-refractivity contribution in [1.29, 1.82) is 0 Å². The molecular weight excluding hydrogens is 459 g/mol. The molecule has 144 valence electrons. The molecule has 27 heavy (non-hydrogen) atoms. The van der Waals surface area contributed by atoms with Crippen LogP contribution in [0.4, 0.5) is 5.69 Å². The maximum absolute atomic E-state index is 11.7. The number of carbonyl (C=O) groups excluding carboxylic acids is 1. The van der Waals surface area contributed by atoms with E-state index in [1.54, 1.807) is 22.9 Å². The molecule has 1 aromatic carbocycles. The summed E-state index contributed by atoms with van der Waals surface area (Å²) in [5.74, 6) is 0.249. The summed E-state index contributed by atoms with van der Waals surface area (Å²) >= 11 is 0. The molecule has 2 heterocycles. The highest BCUT2D eigenvalue weighted by atomic mass is 127. The van der Waals surface area contributed by atoms with E-state index in [2.05, 4.69) is 4.90 Å². The molecule has 1 aromatic heterocycles. The first-order chi connectivity index (χ1) is 12.7. The highest BCUT2D eigenvalue weighted by Crippen LogP contribution is 2.12. The lowest BCUT2D eigenvalue weighted by Crippen LogP contribution is -2.41. The molecule has 1 saturated heterocycles. The van der Waals surface area contributed by atoms with Crippen LogP contribution in [0, 0.1) is 0 Å². The molecule has 0 N–H and O–H groups in total. The molecule has 2 aromatic rings. The van der Waals surface area contributed by atoms with Crippen LogP contribution in [0.15, 0.2) is 58.6 Å². The second-order valence-electron chi connectivity index (χ2n) is 5.84. The van der Waals surface area contributed by atoms with Gasteiger partial charge in [0.2, 0.25) is 5.96 Å². The number of pyridine rings is 1. The van der Waals surface area contributed by atoms with Crippen LogP contribution < -0.4 is 5.49 Å². The van der Waals surface area contributed by atoms with Crippen molar-refractivity contribution < 1.29 is 14.3 Å². The van der Waals surface area contributed by atoms with Gasteiger partial charge in [-0.2, -0.15) is 4.99 Å². The summed E-state index contributed by atoms with van der Waals surface area (Å²) in [6.45, 7) is 2.77. The van der Waals surface area contributed by atoms with Crippen LogP contribution in [0.2, 0.25) is 0 Å². The number of guanidine groups is 1. The number of benzene rings is 1. The number of para-hydroxylation sites is 1. The Morgan fingerprint density at radius 2 is 1.81 bits per heavy atom. The number of aryl methyl sites for hydroxylation is 1. The maximum Gasteiger partial charge on any atom is 0.339 e. The number of hydrogen-bond donors (Lipinski definition) is 0. The standard InChI is InChI=1S/C19H22N4O3.HI/c1-22-14-15(18(24)25-2)8-9-17(22)21-19(23-10-12-26-13-11-23)20-16-6-4-3-5-7-16;/h3-9,14H,10-13H2,1-2H3;1H. The molecule has 0 saturated carbocycles. The van der Waals surface area contributed by atoms with E-state index < -0.39 is 0 Å². The summed E-state index contributed by atoms with van der Waals surface area (Å²) in [5.41, 5.74) is 2.01. The van der Waals surface area contributed by atoms with Crippen molar-refractivity contribution in [2.24, 2.45) is 17.0 Å². The minimum absolute atomic E-state index is 0. The molecule has 0 unspecified atom stereocenters. The SMILES string of the molecule is COC(=O)c1ccc(=NC(=Nc2ccccc2)N2CCOCC2)n(C)c1.I.